The molecule has 0 saturated heterocycles. The van der Waals surface area contributed by atoms with Gasteiger partial charge in [-0.1, -0.05) is 24.3 Å². The van der Waals surface area contributed by atoms with E-state index < -0.39 is 111 Å². The summed E-state index contributed by atoms with van der Waals surface area (Å²) in [6.45, 7) is 33.1. The highest BCUT2D eigenvalue weighted by molar-refractivity contribution is 7.92. The van der Waals surface area contributed by atoms with E-state index in [0.29, 0.717) is 51.4 Å². The summed E-state index contributed by atoms with van der Waals surface area (Å²) in [6.07, 6.45) is 8.07. The van der Waals surface area contributed by atoms with Gasteiger partial charge in [-0.25, -0.2) is 40.8 Å². The fraction of sp³-hybridized carbons (Fsp3) is 0.688. The first-order valence-corrected chi connectivity index (χ1v) is 26.3. The van der Waals surface area contributed by atoms with Gasteiger partial charge in [0, 0.05) is 23.7 Å². The van der Waals surface area contributed by atoms with Gasteiger partial charge in [0.1, 0.15) is 39.0 Å². The van der Waals surface area contributed by atoms with E-state index in [0.717, 1.165) is 0 Å². The summed E-state index contributed by atoms with van der Waals surface area (Å²) in [5.41, 5.74) is -0.758. The number of rotatable bonds is 15. The second-order valence-corrected chi connectivity index (χ2v) is 27.0. The first-order chi connectivity index (χ1) is 32.6. The van der Waals surface area contributed by atoms with Gasteiger partial charge in [-0.05, 0) is 128 Å². The maximum atomic E-state index is 12.5. The van der Waals surface area contributed by atoms with Gasteiger partial charge in [0.15, 0.2) is 0 Å². The molecule has 414 valence electrons. The monoisotopic (exact) mass is 1090 g/mol. The highest BCUT2D eigenvalue weighted by Gasteiger charge is 2.64. The van der Waals surface area contributed by atoms with E-state index in [4.69, 9.17) is 25.1 Å². The second kappa shape index (κ2) is 21.9. The molecule has 6 rings (SSSR count). The summed E-state index contributed by atoms with van der Waals surface area (Å²) >= 11 is 0. The Morgan fingerprint density at radius 2 is 0.849 bits per heavy atom. The number of amides is 5. The lowest BCUT2D eigenvalue weighted by Crippen LogP contribution is -2.54. The Kier molecular flexibility index (Phi) is 19.2. The quantitative estimate of drug-likeness (QED) is 0.0649. The number of carboxylic acid groups (broad SMARTS) is 1. The van der Waals surface area contributed by atoms with Crippen molar-refractivity contribution >= 4 is 74.5 Å². The van der Waals surface area contributed by atoms with Crippen LogP contribution in [0.2, 0.25) is 0 Å². The Morgan fingerprint density at radius 1 is 0.548 bits per heavy atom. The van der Waals surface area contributed by atoms with Gasteiger partial charge >= 0.3 is 30.2 Å². The number of carbonyl (C=O) groups is 7. The number of hydrogen-bond donors (Lipinski definition) is 7. The summed E-state index contributed by atoms with van der Waals surface area (Å²) in [4.78, 5) is 81.9. The minimum atomic E-state index is -3.76. The van der Waals surface area contributed by atoms with Gasteiger partial charge in [0.25, 0.3) is 11.8 Å². The molecular weight excluding hydrogens is 1020 g/mol. The highest BCUT2D eigenvalue weighted by atomic mass is 35.5. The third kappa shape index (κ3) is 15.9. The molecule has 6 aliphatic carbocycles. The zero-order chi connectivity index (χ0) is 55.7. The van der Waals surface area contributed by atoms with Gasteiger partial charge in [0.2, 0.25) is 20.0 Å². The molecule has 5 amide bonds. The first kappa shape index (κ1) is 63.9. The summed E-state index contributed by atoms with van der Waals surface area (Å²) < 4.78 is 70.5. The Balaban J connectivity index is 0.000000336. The predicted octanol–water partition coefficient (Wildman–Crippen LogP) is 4.93. The number of ether oxygens (including phenoxy) is 4. The van der Waals surface area contributed by atoms with E-state index in [1.807, 2.05) is 0 Å². The van der Waals surface area contributed by atoms with Gasteiger partial charge in [-0.3, -0.25) is 19.0 Å². The average molecular weight is 1090 g/mol. The van der Waals surface area contributed by atoms with Crippen molar-refractivity contribution in [2.24, 2.45) is 29.4 Å². The second-order valence-electron chi connectivity index (χ2n) is 22.6. The lowest BCUT2D eigenvalue weighted by Gasteiger charge is -2.24. The molecular formula is C48H77ClN6O16S2. The lowest BCUT2D eigenvalue weighted by molar-refractivity contribution is -0.144. The SMILES string of the molecule is C=C[C@@H]1C[C@]1(N)C(=O)NS(=O)(=O)C1(C)CC1.C=C[C@@H]1C[C@]1(NC(=O)OC(C)(C)C)C(=O)NS(=O)(=O)C1(C)CC1.C=C[C@@H]1C[C@]1(NC(=O)OC(C)(C)C)C(=O)O.C=C[C@@H]1C[C@]1(NC(=O)OC(C)(C)C)C(=O)OC.Cl. The molecule has 0 spiro atoms. The number of carbonyl (C=O) groups excluding carboxylic acids is 6. The number of halogens is 1. The Hall–Kier alpha value is -5.20. The van der Waals surface area contributed by atoms with Crippen LogP contribution in [0.5, 0.6) is 0 Å². The smallest absolute Gasteiger partial charge is 0.408 e. The molecule has 0 aliphatic heterocycles. The molecule has 25 heteroatoms. The van der Waals surface area contributed by atoms with Crippen molar-refractivity contribution in [3.05, 3.63) is 50.6 Å². The number of sulfonamides is 2. The maximum absolute atomic E-state index is 12.5. The molecule has 0 heterocycles. The van der Waals surface area contributed by atoms with Crippen LogP contribution in [0.15, 0.2) is 50.6 Å². The molecule has 0 aromatic heterocycles. The molecule has 8 N–H and O–H groups in total. The van der Waals surface area contributed by atoms with Crippen LogP contribution >= 0.6 is 12.4 Å². The summed E-state index contributed by atoms with van der Waals surface area (Å²) in [7, 11) is -6.04. The number of alkyl carbamates (subject to hydrolysis) is 3. The fourth-order valence-electron chi connectivity index (χ4n) is 7.12. The van der Waals surface area contributed by atoms with E-state index in [1.165, 1.54) is 19.3 Å². The van der Waals surface area contributed by atoms with Crippen LogP contribution in [0.1, 0.15) is 128 Å². The van der Waals surface area contributed by atoms with Gasteiger partial charge < -0.3 is 45.7 Å². The molecule has 73 heavy (non-hydrogen) atoms. The minimum absolute atomic E-state index is 0. The molecule has 6 fully saturated rings. The molecule has 8 atom stereocenters. The predicted molar refractivity (Wildman–Crippen MR) is 273 cm³/mol. The summed E-state index contributed by atoms with van der Waals surface area (Å²) in [5.74, 6) is -3.62. The Morgan fingerprint density at radius 3 is 1.12 bits per heavy atom. The van der Waals surface area contributed by atoms with E-state index >= 15 is 0 Å². The van der Waals surface area contributed by atoms with E-state index in [2.05, 4.69) is 56.4 Å². The molecule has 0 unspecified atom stereocenters. The van der Waals surface area contributed by atoms with Crippen molar-refractivity contribution in [1.29, 1.82) is 0 Å². The zero-order valence-corrected chi connectivity index (χ0v) is 46.4. The van der Waals surface area contributed by atoms with Crippen LogP contribution in [0.3, 0.4) is 0 Å². The van der Waals surface area contributed by atoms with Crippen LogP contribution < -0.4 is 31.1 Å². The number of nitrogens with one attached hydrogen (secondary N) is 5. The van der Waals surface area contributed by atoms with Crippen molar-refractivity contribution in [1.82, 2.24) is 25.4 Å². The summed E-state index contributed by atoms with van der Waals surface area (Å²) in [6, 6.07) is 0. The van der Waals surface area contributed by atoms with Crippen molar-refractivity contribution in [2.45, 2.75) is 176 Å². The Bertz CT molecular complexity index is 2440. The van der Waals surface area contributed by atoms with E-state index in [-0.39, 0.29) is 36.1 Å². The normalized spacial score (nSPS) is 29.1. The van der Waals surface area contributed by atoms with Gasteiger partial charge in [-0.2, -0.15) is 0 Å². The lowest BCUT2D eigenvalue weighted by atomic mass is 10.2. The van der Waals surface area contributed by atoms with Crippen LogP contribution in [0.4, 0.5) is 14.4 Å². The van der Waals surface area contributed by atoms with Crippen molar-refractivity contribution in [2.75, 3.05) is 7.11 Å². The number of aliphatic carboxylic acids is 1. The van der Waals surface area contributed by atoms with E-state index in [9.17, 15) is 50.4 Å². The van der Waals surface area contributed by atoms with E-state index in [1.54, 1.807) is 88.3 Å². The van der Waals surface area contributed by atoms with Crippen LogP contribution in [0, 0.1) is 23.7 Å². The molecule has 0 radical (unpaired) electrons. The highest BCUT2D eigenvalue weighted by Crippen LogP contribution is 2.49. The third-order valence-corrected chi connectivity index (χ3v) is 17.2. The van der Waals surface area contributed by atoms with Crippen molar-refractivity contribution < 1.29 is 74.5 Å². The van der Waals surface area contributed by atoms with Crippen LogP contribution in [-0.2, 0) is 58.2 Å². The molecule has 0 aromatic rings. The maximum Gasteiger partial charge on any atom is 0.408 e. The molecule has 6 saturated carbocycles. The summed E-state index contributed by atoms with van der Waals surface area (Å²) in [5, 5.41) is 16.5. The largest absolute Gasteiger partial charge is 0.479 e. The van der Waals surface area contributed by atoms with Crippen molar-refractivity contribution in [3.63, 3.8) is 0 Å². The van der Waals surface area contributed by atoms with Crippen LogP contribution in [0.25, 0.3) is 0 Å². The third-order valence-electron chi connectivity index (χ3n) is 12.8. The number of hydrogen-bond acceptors (Lipinski definition) is 16. The topological polar surface area (TPSA) is 331 Å². The van der Waals surface area contributed by atoms with Crippen LogP contribution in [-0.4, -0.2) is 120 Å². The number of methoxy groups -OCH3 is 1. The average Bonchev–Trinajstić information content (AvgIpc) is 3.96. The molecule has 0 aromatic carbocycles. The molecule has 0 bridgehead atoms. The van der Waals surface area contributed by atoms with Gasteiger partial charge in [-0.15, -0.1) is 38.7 Å². The molecule has 6 aliphatic rings. The van der Waals surface area contributed by atoms with Crippen molar-refractivity contribution in [3.8, 4) is 0 Å². The van der Waals surface area contributed by atoms with Gasteiger partial charge in [0.05, 0.1) is 16.6 Å². The standard InChI is InChI=1S/C15H24N2O5S.C12H19NO4.C11H17NO4.C10H16N2O3S.ClH/c1-6-10-9-15(10,16-12(19)22-13(2,3)4)11(18)17-23(20,21)14(5)7-8-14;1-6-8-7-12(8,9(14)16-5)13-10(15)17-11(2,3)4;1-5-7-6-11(7,8(13)14)12-9(15)16-10(2,3)4;1-3-7-6-10(7,11)8(13)12-16(14,15)9(2)4-5-9;/h6,10H,1,7-9H2,2-5H3,(H,16,19)(H,17,18);6,8H,1,7H2,2-5H3,(H,13,15);5,7H,1,6H2,2-4H3,(H,12,15)(H,13,14);3,7H,1,4-6,11H2,2H3,(H,12,13);1H/t10-,15-;8-,12-;7-,11-;7-,10-;/m1111./s1. The fourth-order valence-corrected chi connectivity index (χ4v) is 9.75. The Labute approximate surface area is 435 Å². The minimum Gasteiger partial charge on any atom is -0.479 e. The number of nitrogens with two attached hydrogens (primary N) is 1. The zero-order valence-electron chi connectivity index (χ0n) is 44.0. The number of esters is 1. The first-order valence-electron chi connectivity index (χ1n) is 23.3. The molecule has 22 nitrogen and oxygen atoms in total. The number of carboxylic acids is 1.